The molecule has 0 spiro atoms. The van der Waals surface area contributed by atoms with E-state index in [1.165, 1.54) is 0 Å². The molecule has 1 aliphatic rings. The molecule has 1 saturated heterocycles. The Kier molecular flexibility index (Phi) is 6.99. The highest BCUT2D eigenvalue weighted by molar-refractivity contribution is 7.99. The molecule has 18 heavy (non-hydrogen) atoms. The Hall–Kier alpha value is -0.300. The maximum absolute atomic E-state index is 10.6. The SMILES string of the molecule is CC(C)CN1CCOC(CSC[C@H](N)C(=O)O)C1. The Morgan fingerprint density at radius 1 is 1.61 bits per heavy atom. The van der Waals surface area contributed by atoms with Crippen molar-refractivity contribution in [1.29, 1.82) is 0 Å². The molecule has 0 amide bonds. The van der Waals surface area contributed by atoms with Crippen LogP contribution in [-0.2, 0) is 9.53 Å². The van der Waals surface area contributed by atoms with Gasteiger partial charge in [0.1, 0.15) is 6.04 Å². The van der Waals surface area contributed by atoms with E-state index in [-0.39, 0.29) is 6.10 Å². The molecule has 1 rings (SSSR count). The summed E-state index contributed by atoms with van der Waals surface area (Å²) in [5.41, 5.74) is 5.45. The van der Waals surface area contributed by atoms with Crippen LogP contribution in [0.4, 0.5) is 0 Å². The van der Waals surface area contributed by atoms with Crippen LogP contribution in [0.2, 0.25) is 0 Å². The minimum Gasteiger partial charge on any atom is -0.480 e. The van der Waals surface area contributed by atoms with E-state index in [2.05, 4.69) is 18.7 Å². The average Bonchev–Trinajstić information content (AvgIpc) is 2.28. The molecule has 1 aliphatic heterocycles. The van der Waals surface area contributed by atoms with E-state index in [0.717, 1.165) is 32.0 Å². The van der Waals surface area contributed by atoms with Crippen LogP contribution in [0.1, 0.15) is 13.8 Å². The van der Waals surface area contributed by atoms with Crippen molar-refractivity contribution in [3.63, 3.8) is 0 Å². The lowest BCUT2D eigenvalue weighted by Gasteiger charge is -2.33. The van der Waals surface area contributed by atoms with Crippen molar-refractivity contribution < 1.29 is 14.6 Å². The first-order valence-corrected chi connectivity index (χ1v) is 7.54. The minimum absolute atomic E-state index is 0.198. The number of nitrogens with zero attached hydrogens (tertiary/aromatic N) is 1. The van der Waals surface area contributed by atoms with Crippen LogP contribution in [0.3, 0.4) is 0 Å². The van der Waals surface area contributed by atoms with Crippen molar-refractivity contribution in [3.8, 4) is 0 Å². The number of morpholine rings is 1. The first-order valence-electron chi connectivity index (χ1n) is 6.39. The fourth-order valence-corrected chi connectivity index (χ4v) is 2.96. The number of hydrogen-bond donors (Lipinski definition) is 2. The summed E-state index contributed by atoms with van der Waals surface area (Å²) < 4.78 is 5.68. The molecular weight excluding hydrogens is 252 g/mol. The second-order valence-corrected chi connectivity index (χ2v) is 6.20. The van der Waals surface area contributed by atoms with Crippen LogP contribution < -0.4 is 5.73 Å². The maximum atomic E-state index is 10.6. The topological polar surface area (TPSA) is 75.8 Å². The number of rotatable bonds is 7. The van der Waals surface area contributed by atoms with Crippen LogP contribution in [0, 0.1) is 5.92 Å². The standard InChI is InChI=1S/C12H24N2O3S/c1-9(2)5-14-3-4-17-10(6-14)7-18-8-11(13)12(15)16/h9-11H,3-8,13H2,1-2H3,(H,15,16)/t10?,11-/m0/s1. The highest BCUT2D eigenvalue weighted by Crippen LogP contribution is 2.13. The molecule has 0 saturated carbocycles. The Morgan fingerprint density at radius 2 is 2.33 bits per heavy atom. The average molecular weight is 276 g/mol. The zero-order valence-electron chi connectivity index (χ0n) is 11.2. The Labute approximate surface area is 113 Å². The number of carbonyl (C=O) groups is 1. The van der Waals surface area contributed by atoms with Gasteiger partial charge < -0.3 is 15.6 Å². The largest absolute Gasteiger partial charge is 0.480 e. The molecule has 2 atom stereocenters. The van der Waals surface area contributed by atoms with Gasteiger partial charge in [-0.2, -0.15) is 11.8 Å². The number of nitrogens with two attached hydrogens (primary N) is 1. The Morgan fingerprint density at radius 3 is 2.94 bits per heavy atom. The molecule has 0 aromatic carbocycles. The second-order valence-electron chi connectivity index (χ2n) is 5.13. The number of carboxylic acids is 1. The number of hydrogen-bond acceptors (Lipinski definition) is 5. The third kappa shape index (κ3) is 6.04. The molecule has 3 N–H and O–H groups in total. The van der Waals surface area contributed by atoms with Gasteiger partial charge in [-0.05, 0) is 5.92 Å². The van der Waals surface area contributed by atoms with Crippen molar-refractivity contribution in [3.05, 3.63) is 0 Å². The summed E-state index contributed by atoms with van der Waals surface area (Å²) in [7, 11) is 0. The van der Waals surface area contributed by atoms with E-state index in [0.29, 0.717) is 11.7 Å². The zero-order chi connectivity index (χ0) is 13.5. The summed E-state index contributed by atoms with van der Waals surface area (Å²) in [6.07, 6.45) is 0.198. The molecule has 0 radical (unpaired) electrons. The molecule has 0 aromatic heterocycles. The van der Waals surface area contributed by atoms with E-state index in [1.807, 2.05) is 0 Å². The second kappa shape index (κ2) is 7.99. The molecule has 1 fully saturated rings. The first-order chi connectivity index (χ1) is 8.49. The summed E-state index contributed by atoms with van der Waals surface area (Å²) >= 11 is 1.56. The van der Waals surface area contributed by atoms with Crippen molar-refractivity contribution in [2.45, 2.75) is 26.0 Å². The van der Waals surface area contributed by atoms with Crippen LogP contribution in [-0.4, -0.2) is 65.9 Å². The lowest BCUT2D eigenvalue weighted by molar-refractivity contribution is -0.137. The predicted octanol–water partition coefficient (Wildman–Crippen LogP) is 0.488. The van der Waals surface area contributed by atoms with Crippen molar-refractivity contribution in [1.82, 2.24) is 4.90 Å². The van der Waals surface area contributed by atoms with Crippen LogP contribution in [0.25, 0.3) is 0 Å². The molecule has 1 unspecified atom stereocenters. The van der Waals surface area contributed by atoms with Crippen LogP contribution >= 0.6 is 11.8 Å². The molecule has 106 valence electrons. The van der Waals surface area contributed by atoms with Gasteiger partial charge >= 0.3 is 5.97 Å². The van der Waals surface area contributed by atoms with Crippen LogP contribution in [0.5, 0.6) is 0 Å². The van der Waals surface area contributed by atoms with E-state index in [1.54, 1.807) is 11.8 Å². The molecular formula is C12H24N2O3S. The van der Waals surface area contributed by atoms with Gasteiger partial charge in [0, 0.05) is 31.1 Å². The van der Waals surface area contributed by atoms with E-state index in [4.69, 9.17) is 15.6 Å². The van der Waals surface area contributed by atoms with Gasteiger partial charge in [0.2, 0.25) is 0 Å². The van der Waals surface area contributed by atoms with Gasteiger partial charge in [-0.1, -0.05) is 13.8 Å². The van der Waals surface area contributed by atoms with Gasteiger partial charge in [-0.25, -0.2) is 0 Å². The Bertz CT molecular complexity index is 264. The van der Waals surface area contributed by atoms with Gasteiger partial charge in [0.25, 0.3) is 0 Å². The third-order valence-corrected chi connectivity index (χ3v) is 3.97. The van der Waals surface area contributed by atoms with E-state index < -0.39 is 12.0 Å². The first kappa shape index (κ1) is 15.8. The summed E-state index contributed by atoms with van der Waals surface area (Å²) in [5.74, 6) is 0.986. The fraction of sp³-hybridized carbons (Fsp3) is 0.917. The maximum Gasteiger partial charge on any atom is 0.321 e. The molecule has 0 bridgehead atoms. The summed E-state index contributed by atoms with van der Waals surface area (Å²) in [6, 6.07) is -0.773. The molecule has 0 aliphatic carbocycles. The zero-order valence-corrected chi connectivity index (χ0v) is 12.0. The lowest BCUT2D eigenvalue weighted by Crippen LogP contribution is -2.45. The molecule has 0 aromatic rings. The number of carboxylic acid groups (broad SMARTS) is 1. The molecule has 6 heteroatoms. The van der Waals surface area contributed by atoms with Gasteiger partial charge in [0.05, 0.1) is 12.7 Å². The summed E-state index contributed by atoms with van der Waals surface area (Å²) in [5, 5.41) is 8.68. The van der Waals surface area contributed by atoms with E-state index in [9.17, 15) is 4.79 Å². The predicted molar refractivity (Wildman–Crippen MR) is 74.0 cm³/mol. The quantitative estimate of drug-likeness (QED) is 0.705. The van der Waals surface area contributed by atoms with Crippen LogP contribution in [0.15, 0.2) is 0 Å². The van der Waals surface area contributed by atoms with Crippen molar-refractivity contribution >= 4 is 17.7 Å². The van der Waals surface area contributed by atoms with E-state index >= 15 is 0 Å². The monoisotopic (exact) mass is 276 g/mol. The molecule has 1 heterocycles. The fourth-order valence-electron chi connectivity index (χ4n) is 1.96. The lowest BCUT2D eigenvalue weighted by atomic mass is 10.2. The smallest absolute Gasteiger partial charge is 0.321 e. The number of thioether (sulfide) groups is 1. The van der Waals surface area contributed by atoms with Crippen molar-refractivity contribution in [2.24, 2.45) is 11.7 Å². The number of ether oxygens (including phenoxy) is 1. The highest BCUT2D eigenvalue weighted by atomic mass is 32.2. The van der Waals surface area contributed by atoms with Gasteiger partial charge in [-0.15, -0.1) is 0 Å². The Balaban J connectivity index is 2.20. The number of aliphatic carboxylic acids is 1. The summed E-state index contributed by atoms with van der Waals surface area (Å²) in [6.45, 7) is 8.22. The third-order valence-electron chi connectivity index (χ3n) is 2.76. The minimum atomic E-state index is -0.937. The molecule has 5 nitrogen and oxygen atoms in total. The van der Waals surface area contributed by atoms with Crippen molar-refractivity contribution in [2.75, 3.05) is 37.7 Å². The normalized spacial score (nSPS) is 23.2. The van der Waals surface area contributed by atoms with Gasteiger partial charge in [-0.3, -0.25) is 9.69 Å². The van der Waals surface area contributed by atoms with Gasteiger partial charge in [0.15, 0.2) is 0 Å². The summed E-state index contributed by atoms with van der Waals surface area (Å²) in [4.78, 5) is 13.0. The highest BCUT2D eigenvalue weighted by Gasteiger charge is 2.21.